The molecule has 0 aliphatic carbocycles. The van der Waals surface area contributed by atoms with Crippen LogP contribution in [0, 0.1) is 0 Å². The van der Waals surface area contributed by atoms with Gasteiger partial charge in [-0.25, -0.2) is 0 Å². The molecular weight excluding hydrogens is 262 g/mol. The second-order valence-corrected chi connectivity index (χ2v) is 5.29. The fraction of sp³-hybridized carbons (Fsp3) is 0.667. The molecule has 0 heterocycles. The number of nitrogens with one attached hydrogen (secondary N) is 1. The maximum absolute atomic E-state index is 5.74. The van der Waals surface area contributed by atoms with Crippen molar-refractivity contribution in [1.29, 1.82) is 0 Å². The standard InChI is InChI=1S/C18H31NO2/c1-4-7-16-8-10-17(11-9-16)18(19-6-3)15-21-14-13-20-12-5-2/h8-11,18-19H,4-7,12-15H2,1-3H3. The van der Waals surface area contributed by atoms with Crippen LogP contribution in [0.3, 0.4) is 0 Å². The summed E-state index contributed by atoms with van der Waals surface area (Å²) < 4.78 is 11.2. The number of hydrogen-bond donors (Lipinski definition) is 1. The highest BCUT2D eigenvalue weighted by Crippen LogP contribution is 2.15. The Labute approximate surface area is 130 Å². The minimum atomic E-state index is 0.261. The zero-order chi connectivity index (χ0) is 15.3. The predicted octanol–water partition coefficient (Wildman–Crippen LogP) is 3.73. The molecule has 1 aromatic rings. The van der Waals surface area contributed by atoms with E-state index in [0.29, 0.717) is 19.8 Å². The smallest absolute Gasteiger partial charge is 0.0701 e. The van der Waals surface area contributed by atoms with Gasteiger partial charge in [0.1, 0.15) is 0 Å². The maximum Gasteiger partial charge on any atom is 0.0701 e. The fourth-order valence-corrected chi connectivity index (χ4v) is 2.29. The number of benzene rings is 1. The van der Waals surface area contributed by atoms with Crippen molar-refractivity contribution in [3.8, 4) is 0 Å². The molecule has 0 radical (unpaired) electrons. The summed E-state index contributed by atoms with van der Waals surface area (Å²) in [5.41, 5.74) is 2.71. The quantitative estimate of drug-likeness (QED) is 0.596. The SMILES string of the molecule is CCCOCCOCC(NCC)c1ccc(CCC)cc1. The van der Waals surface area contributed by atoms with Crippen LogP contribution in [0.2, 0.25) is 0 Å². The molecule has 3 nitrogen and oxygen atoms in total. The molecular formula is C18H31NO2. The van der Waals surface area contributed by atoms with E-state index < -0.39 is 0 Å². The van der Waals surface area contributed by atoms with Crippen molar-refractivity contribution >= 4 is 0 Å². The van der Waals surface area contributed by atoms with E-state index in [1.54, 1.807) is 0 Å². The van der Waals surface area contributed by atoms with Gasteiger partial charge in [0.2, 0.25) is 0 Å². The highest BCUT2D eigenvalue weighted by Gasteiger charge is 2.10. The van der Waals surface area contributed by atoms with Gasteiger partial charge in [-0.15, -0.1) is 0 Å². The Kier molecular flexibility index (Phi) is 10.1. The van der Waals surface area contributed by atoms with Gasteiger partial charge < -0.3 is 14.8 Å². The Morgan fingerprint density at radius 3 is 2.24 bits per heavy atom. The van der Waals surface area contributed by atoms with Crippen LogP contribution in [0.15, 0.2) is 24.3 Å². The molecule has 0 saturated heterocycles. The summed E-state index contributed by atoms with van der Waals surface area (Å²) in [6.07, 6.45) is 3.40. The van der Waals surface area contributed by atoms with Crippen LogP contribution in [0.5, 0.6) is 0 Å². The third kappa shape index (κ3) is 7.60. The molecule has 1 atom stereocenters. The Balaban J connectivity index is 2.40. The van der Waals surface area contributed by atoms with Crippen LogP contribution in [-0.4, -0.2) is 33.0 Å². The van der Waals surface area contributed by atoms with E-state index in [4.69, 9.17) is 9.47 Å². The van der Waals surface area contributed by atoms with Crippen LogP contribution in [0.4, 0.5) is 0 Å². The van der Waals surface area contributed by atoms with Crippen molar-refractivity contribution in [3.63, 3.8) is 0 Å². The van der Waals surface area contributed by atoms with Gasteiger partial charge in [0.25, 0.3) is 0 Å². The lowest BCUT2D eigenvalue weighted by Gasteiger charge is -2.19. The van der Waals surface area contributed by atoms with Crippen molar-refractivity contribution in [3.05, 3.63) is 35.4 Å². The Hall–Kier alpha value is -0.900. The summed E-state index contributed by atoms with van der Waals surface area (Å²) in [6, 6.07) is 9.16. The summed E-state index contributed by atoms with van der Waals surface area (Å²) >= 11 is 0. The van der Waals surface area contributed by atoms with E-state index in [1.165, 1.54) is 17.5 Å². The molecule has 1 aromatic carbocycles. The molecule has 1 unspecified atom stereocenters. The first-order valence-electron chi connectivity index (χ1n) is 8.29. The second-order valence-electron chi connectivity index (χ2n) is 5.29. The number of rotatable bonds is 12. The molecule has 1 N–H and O–H groups in total. The van der Waals surface area contributed by atoms with Gasteiger partial charge in [0.15, 0.2) is 0 Å². The topological polar surface area (TPSA) is 30.5 Å². The van der Waals surface area contributed by atoms with Gasteiger partial charge in [-0.05, 0) is 30.5 Å². The molecule has 0 aromatic heterocycles. The normalized spacial score (nSPS) is 12.5. The number of ether oxygens (including phenoxy) is 2. The van der Waals surface area contributed by atoms with Crippen molar-refractivity contribution < 1.29 is 9.47 Å². The van der Waals surface area contributed by atoms with Gasteiger partial charge >= 0.3 is 0 Å². The van der Waals surface area contributed by atoms with E-state index >= 15 is 0 Å². The van der Waals surface area contributed by atoms with E-state index in [9.17, 15) is 0 Å². The Bertz CT molecular complexity index is 351. The van der Waals surface area contributed by atoms with Crippen LogP contribution in [0.1, 0.15) is 50.8 Å². The second kappa shape index (κ2) is 11.7. The Morgan fingerprint density at radius 1 is 0.905 bits per heavy atom. The van der Waals surface area contributed by atoms with Crippen molar-refractivity contribution in [2.75, 3.05) is 33.0 Å². The predicted molar refractivity (Wildman–Crippen MR) is 88.8 cm³/mol. The van der Waals surface area contributed by atoms with Gasteiger partial charge in [-0.2, -0.15) is 0 Å². The molecule has 0 aliphatic heterocycles. The number of hydrogen-bond acceptors (Lipinski definition) is 3. The van der Waals surface area contributed by atoms with Gasteiger partial charge in [-0.3, -0.25) is 0 Å². The average Bonchev–Trinajstić information content (AvgIpc) is 2.51. The third-order valence-electron chi connectivity index (χ3n) is 3.38. The van der Waals surface area contributed by atoms with Crippen molar-refractivity contribution in [2.45, 2.75) is 46.1 Å². The van der Waals surface area contributed by atoms with Crippen molar-refractivity contribution in [2.24, 2.45) is 0 Å². The summed E-state index contributed by atoms with van der Waals surface area (Å²) in [5.74, 6) is 0. The number of likely N-dealkylation sites (N-methyl/N-ethyl adjacent to an activating group) is 1. The van der Waals surface area contributed by atoms with E-state index in [1.807, 2.05) is 0 Å². The number of aryl methyl sites for hydroxylation is 1. The maximum atomic E-state index is 5.74. The van der Waals surface area contributed by atoms with Crippen LogP contribution >= 0.6 is 0 Å². The summed E-state index contributed by atoms with van der Waals surface area (Å²) in [6.45, 7) is 10.3. The third-order valence-corrected chi connectivity index (χ3v) is 3.38. The van der Waals surface area contributed by atoms with Crippen LogP contribution in [-0.2, 0) is 15.9 Å². The summed E-state index contributed by atoms with van der Waals surface area (Å²) in [5, 5.41) is 3.49. The molecule has 0 fully saturated rings. The highest BCUT2D eigenvalue weighted by molar-refractivity contribution is 5.25. The van der Waals surface area contributed by atoms with Crippen LogP contribution < -0.4 is 5.32 Å². The average molecular weight is 293 g/mol. The van der Waals surface area contributed by atoms with Crippen molar-refractivity contribution in [1.82, 2.24) is 5.32 Å². The molecule has 21 heavy (non-hydrogen) atoms. The summed E-state index contributed by atoms with van der Waals surface area (Å²) in [4.78, 5) is 0. The molecule has 0 aliphatic rings. The molecule has 0 spiro atoms. The molecule has 0 bridgehead atoms. The van der Waals surface area contributed by atoms with E-state index in [2.05, 4.69) is 50.4 Å². The minimum absolute atomic E-state index is 0.261. The molecule has 120 valence electrons. The molecule has 0 amide bonds. The highest BCUT2D eigenvalue weighted by atomic mass is 16.5. The molecule has 1 rings (SSSR count). The van der Waals surface area contributed by atoms with Gasteiger partial charge in [0.05, 0.1) is 25.9 Å². The first kappa shape index (κ1) is 18.1. The Morgan fingerprint density at radius 2 is 1.62 bits per heavy atom. The van der Waals surface area contributed by atoms with E-state index in [0.717, 1.165) is 26.0 Å². The fourth-order valence-electron chi connectivity index (χ4n) is 2.29. The monoisotopic (exact) mass is 293 g/mol. The first-order valence-corrected chi connectivity index (χ1v) is 8.29. The molecule has 3 heteroatoms. The van der Waals surface area contributed by atoms with Crippen LogP contribution in [0.25, 0.3) is 0 Å². The van der Waals surface area contributed by atoms with Gasteiger partial charge in [0, 0.05) is 6.61 Å². The zero-order valence-electron chi connectivity index (χ0n) is 13.9. The lowest BCUT2D eigenvalue weighted by Crippen LogP contribution is -2.26. The lowest BCUT2D eigenvalue weighted by molar-refractivity contribution is 0.0393. The summed E-state index contributed by atoms with van der Waals surface area (Å²) in [7, 11) is 0. The lowest BCUT2D eigenvalue weighted by atomic mass is 10.0. The first-order chi connectivity index (χ1) is 10.3. The van der Waals surface area contributed by atoms with E-state index in [-0.39, 0.29) is 6.04 Å². The minimum Gasteiger partial charge on any atom is -0.379 e. The zero-order valence-corrected chi connectivity index (χ0v) is 13.9. The largest absolute Gasteiger partial charge is 0.379 e. The van der Waals surface area contributed by atoms with Gasteiger partial charge in [-0.1, -0.05) is 51.5 Å². The molecule has 0 saturated carbocycles.